The maximum atomic E-state index is 12.5. The molecule has 1 aromatic rings. The van der Waals surface area contributed by atoms with Crippen LogP contribution in [0.4, 0.5) is 5.69 Å². The Labute approximate surface area is 123 Å². The molecule has 0 atom stereocenters. The van der Waals surface area contributed by atoms with Gasteiger partial charge >= 0.3 is 0 Å². The summed E-state index contributed by atoms with van der Waals surface area (Å²) in [6, 6.07) is 8.21. The van der Waals surface area contributed by atoms with Crippen molar-refractivity contribution in [1.82, 2.24) is 4.90 Å². The van der Waals surface area contributed by atoms with E-state index in [0.29, 0.717) is 6.42 Å². The maximum absolute atomic E-state index is 12.5. The van der Waals surface area contributed by atoms with E-state index in [-0.39, 0.29) is 5.91 Å². The Balaban J connectivity index is 2.70. The standard InChI is InChI=1S/C17H28N2O/c1-5-13-19(16-10-8-15(4)9-11-16)17(20)12-14-18(6-2)7-3/h8-11H,5-7,12-14H2,1-4H3. The van der Waals surface area contributed by atoms with Crippen LogP contribution in [0.25, 0.3) is 0 Å². The number of carbonyl (C=O) groups excluding carboxylic acids is 1. The number of anilines is 1. The number of carbonyl (C=O) groups is 1. The van der Waals surface area contributed by atoms with Crippen molar-refractivity contribution in [3.8, 4) is 0 Å². The van der Waals surface area contributed by atoms with E-state index in [1.165, 1.54) is 5.56 Å². The Morgan fingerprint density at radius 2 is 1.60 bits per heavy atom. The molecular weight excluding hydrogens is 248 g/mol. The van der Waals surface area contributed by atoms with E-state index in [0.717, 1.165) is 38.3 Å². The molecular formula is C17H28N2O. The van der Waals surface area contributed by atoms with Gasteiger partial charge in [-0.3, -0.25) is 4.79 Å². The Bertz CT molecular complexity index is 396. The lowest BCUT2D eigenvalue weighted by Gasteiger charge is -2.24. The molecule has 112 valence electrons. The average Bonchev–Trinajstić information content (AvgIpc) is 2.46. The molecule has 0 aliphatic rings. The van der Waals surface area contributed by atoms with Crippen LogP contribution in [-0.4, -0.2) is 37.0 Å². The maximum Gasteiger partial charge on any atom is 0.228 e. The van der Waals surface area contributed by atoms with Crippen LogP contribution in [0.2, 0.25) is 0 Å². The van der Waals surface area contributed by atoms with Crippen molar-refractivity contribution in [2.24, 2.45) is 0 Å². The van der Waals surface area contributed by atoms with E-state index >= 15 is 0 Å². The first-order valence-corrected chi connectivity index (χ1v) is 7.71. The molecule has 0 fully saturated rings. The van der Waals surface area contributed by atoms with E-state index in [1.54, 1.807) is 0 Å². The molecule has 0 aromatic heterocycles. The molecule has 0 aliphatic heterocycles. The van der Waals surface area contributed by atoms with Crippen LogP contribution in [0.15, 0.2) is 24.3 Å². The lowest BCUT2D eigenvalue weighted by atomic mass is 10.2. The van der Waals surface area contributed by atoms with Gasteiger partial charge in [-0.2, -0.15) is 0 Å². The van der Waals surface area contributed by atoms with Crippen molar-refractivity contribution in [3.63, 3.8) is 0 Å². The zero-order chi connectivity index (χ0) is 15.0. The summed E-state index contributed by atoms with van der Waals surface area (Å²) in [5.41, 5.74) is 2.24. The fourth-order valence-corrected chi connectivity index (χ4v) is 2.27. The highest BCUT2D eigenvalue weighted by Gasteiger charge is 2.15. The minimum Gasteiger partial charge on any atom is -0.312 e. The number of aryl methyl sites for hydroxylation is 1. The van der Waals surface area contributed by atoms with E-state index in [1.807, 2.05) is 17.0 Å². The van der Waals surface area contributed by atoms with Gasteiger partial charge in [0.05, 0.1) is 0 Å². The van der Waals surface area contributed by atoms with Crippen molar-refractivity contribution >= 4 is 11.6 Å². The number of rotatable bonds is 8. The Kier molecular flexibility index (Phi) is 7.31. The predicted octanol–water partition coefficient (Wildman–Crippen LogP) is 3.47. The molecule has 0 saturated carbocycles. The summed E-state index contributed by atoms with van der Waals surface area (Å²) in [6.45, 7) is 12.1. The van der Waals surface area contributed by atoms with E-state index in [9.17, 15) is 4.79 Å². The van der Waals surface area contributed by atoms with Gasteiger partial charge < -0.3 is 9.80 Å². The van der Waals surface area contributed by atoms with Crippen molar-refractivity contribution in [2.45, 2.75) is 40.5 Å². The number of benzene rings is 1. The quantitative estimate of drug-likeness (QED) is 0.726. The summed E-state index contributed by atoms with van der Waals surface area (Å²) in [5, 5.41) is 0. The SMILES string of the molecule is CCCN(C(=O)CCN(CC)CC)c1ccc(C)cc1. The zero-order valence-corrected chi connectivity index (χ0v) is 13.4. The monoisotopic (exact) mass is 276 g/mol. The molecule has 3 heteroatoms. The summed E-state index contributed by atoms with van der Waals surface area (Å²) in [4.78, 5) is 16.7. The fraction of sp³-hybridized carbons (Fsp3) is 0.588. The van der Waals surface area contributed by atoms with E-state index in [2.05, 4.69) is 44.7 Å². The van der Waals surface area contributed by atoms with Crippen molar-refractivity contribution in [3.05, 3.63) is 29.8 Å². The van der Waals surface area contributed by atoms with Gasteiger partial charge in [-0.15, -0.1) is 0 Å². The lowest BCUT2D eigenvalue weighted by molar-refractivity contribution is -0.118. The molecule has 0 spiro atoms. The molecule has 20 heavy (non-hydrogen) atoms. The summed E-state index contributed by atoms with van der Waals surface area (Å²) in [6.07, 6.45) is 1.57. The molecule has 0 saturated heterocycles. The van der Waals surface area contributed by atoms with E-state index in [4.69, 9.17) is 0 Å². The lowest BCUT2D eigenvalue weighted by Crippen LogP contribution is -2.35. The highest BCUT2D eigenvalue weighted by atomic mass is 16.2. The zero-order valence-electron chi connectivity index (χ0n) is 13.4. The van der Waals surface area contributed by atoms with Gasteiger partial charge in [0, 0.05) is 25.2 Å². The van der Waals surface area contributed by atoms with Crippen LogP contribution < -0.4 is 4.90 Å². The van der Waals surface area contributed by atoms with Crippen LogP contribution in [0.5, 0.6) is 0 Å². The largest absolute Gasteiger partial charge is 0.312 e. The van der Waals surface area contributed by atoms with Gasteiger partial charge in [-0.1, -0.05) is 38.5 Å². The normalized spacial score (nSPS) is 10.8. The van der Waals surface area contributed by atoms with Crippen LogP contribution in [0.3, 0.4) is 0 Å². The van der Waals surface area contributed by atoms with Crippen molar-refractivity contribution in [1.29, 1.82) is 0 Å². The molecule has 1 aromatic carbocycles. The third kappa shape index (κ3) is 4.97. The predicted molar refractivity (Wildman–Crippen MR) is 86.2 cm³/mol. The minimum atomic E-state index is 0.225. The second-order valence-corrected chi connectivity index (χ2v) is 5.16. The highest BCUT2D eigenvalue weighted by molar-refractivity contribution is 5.93. The van der Waals surface area contributed by atoms with E-state index < -0.39 is 0 Å². The molecule has 0 heterocycles. The van der Waals surface area contributed by atoms with Gasteiger partial charge in [0.1, 0.15) is 0 Å². The molecule has 0 bridgehead atoms. The first-order chi connectivity index (χ1) is 9.62. The molecule has 1 amide bonds. The first-order valence-electron chi connectivity index (χ1n) is 7.71. The topological polar surface area (TPSA) is 23.6 Å². The molecule has 0 aliphatic carbocycles. The third-order valence-electron chi connectivity index (χ3n) is 3.63. The third-order valence-corrected chi connectivity index (χ3v) is 3.63. The number of hydrogen-bond donors (Lipinski definition) is 0. The molecule has 0 unspecified atom stereocenters. The Hall–Kier alpha value is -1.35. The highest BCUT2D eigenvalue weighted by Crippen LogP contribution is 2.16. The molecule has 0 N–H and O–H groups in total. The second kappa shape index (κ2) is 8.75. The smallest absolute Gasteiger partial charge is 0.228 e. The van der Waals surface area contributed by atoms with Crippen LogP contribution in [0, 0.1) is 6.92 Å². The first kappa shape index (κ1) is 16.7. The van der Waals surface area contributed by atoms with Gasteiger partial charge in [-0.25, -0.2) is 0 Å². The van der Waals surface area contributed by atoms with Crippen molar-refractivity contribution in [2.75, 3.05) is 31.1 Å². The van der Waals surface area contributed by atoms with Crippen LogP contribution >= 0.6 is 0 Å². The summed E-state index contributed by atoms with van der Waals surface area (Å²) < 4.78 is 0. The second-order valence-electron chi connectivity index (χ2n) is 5.16. The molecule has 3 nitrogen and oxygen atoms in total. The van der Waals surface area contributed by atoms with Gasteiger partial charge in [0.25, 0.3) is 0 Å². The van der Waals surface area contributed by atoms with Gasteiger partial charge in [-0.05, 0) is 38.6 Å². The molecule has 0 radical (unpaired) electrons. The number of nitrogens with zero attached hydrogens (tertiary/aromatic N) is 2. The number of hydrogen-bond acceptors (Lipinski definition) is 2. The fourth-order valence-electron chi connectivity index (χ4n) is 2.27. The summed E-state index contributed by atoms with van der Waals surface area (Å²) in [7, 11) is 0. The summed E-state index contributed by atoms with van der Waals surface area (Å²) >= 11 is 0. The Morgan fingerprint density at radius 3 is 2.10 bits per heavy atom. The van der Waals surface area contributed by atoms with Crippen LogP contribution in [-0.2, 0) is 4.79 Å². The van der Waals surface area contributed by atoms with Crippen LogP contribution in [0.1, 0.15) is 39.2 Å². The van der Waals surface area contributed by atoms with Crippen molar-refractivity contribution < 1.29 is 4.79 Å². The summed E-state index contributed by atoms with van der Waals surface area (Å²) in [5.74, 6) is 0.225. The minimum absolute atomic E-state index is 0.225. The Morgan fingerprint density at radius 1 is 1.00 bits per heavy atom. The van der Waals surface area contributed by atoms with Gasteiger partial charge in [0.2, 0.25) is 5.91 Å². The number of amides is 1. The average molecular weight is 276 g/mol. The molecule has 1 rings (SSSR count). The van der Waals surface area contributed by atoms with Gasteiger partial charge in [0.15, 0.2) is 0 Å².